The van der Waals surface area contributed by atoms with E-state index in [0.29, 0.717) is 18.0 Å². The van der Waals surface area contributed by atoms with Gasteiger partial charge in [-0.3, -0.25) is 28.9 Å². The molecule has 0 radical (unpaired) electrons. The number of hydrogen-bond acceptors (Lipinski definition) is 7. The number of rotatable bonds is 18. The number of imide groups is 1. The number of nitrogens with one attached hydrogen (secondary N) is 4. The van der Waals surface area contributed by atoms with Crippen LogP contribution in [0.3, 0.4) is 0 Å². The van der Waals surface area contributed by atoms with Gasteiger partial charge in [0.05, 0.1) is 19.8 Å². The summed E-state index contributed by atoms with van der Waals surface area (Å²) in [6.45, 7) is 8.17. The summed E-state index contributed by atoms with van der Waals surface area (Å²) in [6, 6.07) is 4.94. The average Bonchev–Trinajstić information content (AvgIpc) is 3.25. The number of nitrogens with zero attached hydrogens (tertiary/aromatic N) is 1. The molecule has 0 aliphatic carbocycles. The highest BCUT2D eigenvalue weighted by molar-refractivity contribution is 6.12. The van der Waals surface area contributed by atoms with E-state index < -0.39 is 47.7 Å². The molecule has 0 unspecified atom stereocenters. The van der Waals surface area contributed by atoms with Crippen LogP contribution in [-0.4, -0.2) is 78.9 Å². The second-order valence-corrected chi connectivity index (χ2v) is 11.1. The SMILES string of the molecule is CC(C)Cc1ccc(NC(=O)[C@H](CCCNC(N)=O)NC(=O)[C@@H](NC(=O)CCOCCN2C(=O)C=CC2=O)C(C)C)cc1. The molecule has 7 amide bonds. The number of nitrogens with two attached hydrogens (primary N) is 1. The molecule has 43 heavy (non-hydrogen) atoms. The molecule has 0 aromatic heterocycles. The van der Waals surface area contributed by atoms with Crippen LogP contribution in [-0.2, 0) is 35.1 Å². The monoisotopic (exact) mass is 600 g/mol. The van der Waals surface area contributed by atoms with Crippen LogP contribution in [0.4, 0.5) is 10.5 Å². The van der Waals surface area contributed by atoms with Gasteiger partial charge in [-0.05, 0) is 48.8 Å². The van der Waals surface area contributed by atoms with Crippen molar-refractivity contribution in [2.75, 3.05) is 31.6 Å². The lowest BCUT2D eigenvalue weighted by Crippen LogP contribution is -2.54. The molecule has 236 valence electrons. The van der Waals surface area contributed by atoms with E-state index in [2.05, 4.69) is 35.1 Å². The zero-order chi connectivity index (χ0) is 31.9. The quantitative estimate of drug-likeness (QED) is 0.124. The van der Waals surface area contributed by atoms with Gasteiger partial charge in [-0.25, -0.2) is 4.79 Å². The van der Waals surface area contributed by atoms with E-state index in [1.807, 2.05) is 12.1 Å². The number of carbonyl (C=O) groups is 6. The second-order valence-electron chi connectivity index (χ2n) is 11.1. The van der Waals surface area contributed by atoms with E-state index in [-0.39, 0.29) is 45.1 Å². The summed E-state index contributed by atoms with van der Waals surface area (Å²) < 4.78 is 5.39. The van der Waals surface area contributed by atoms with Gasteiger partial charge in [0.15, 0.2) is 0 Å². The molecule has 1 aliphatic rings. The molecule has 13 heteroatoms. The van der Waals surface area contributed by atoms with Crippen molar-refractivity contribution >= 4 is 41.3 Å². The molecule has 13 nitrogen and oxygen atoms in total. The summed E-state index contributed by atoms with van der Waals surface area (Å²) in [7, 11) is 0. The van der Waals surface area contributed by atoms with Crippen molar-refractivity contribution in [1.82, 2.24) is 20.9 Å². The molecular weight excluding hydrogens is 556 g/mol. The molecule has 1 heterocycles. The zero-order valence-electron chi connectivity index (χ0n) is 25.3. The summed E-state index contributed by atoms with van der Waals surface area (Å²) in [4.78, 5) is 74.3. The molecule has 0 bridgehead atoms. The predicted octanol–water partition coefficient (Wildman–Crippen LogP) is 1.23. The molecule has 0 fully saturated rings. The van der Waals surface area contributed by atoms with Crippen LogP contribution in [0.5, 0.6) is 0 Å². The Bertz CT molecular complexity index is 1150. The van der Waals surface area contributed by atoms with Gasteiger partial charge in [0, 0.05) is 30.8 Å². The van der Waals surface area contributed by atoms with Gasteiger partial charge < -0.3 is 31.7 Å². The molecule has 1 aromatic rings. The first-order valence-electron chi connectivity index (χ1n) is 14.5. The van der Waals surface area contributed by atoms with E-state index >= 15 is 0 Å². The third-order valence-electron chi connectivity index (χ3n) is 6.57. The van der Waals surface area contributed by atoms with E-state index in [1.165, 1.54) is 12.2 Å². The first-order chi connectivity index (χ1) is 20.4. The molecule has 0 spiro atoms. The lowest BCUT2D eigenvalue weighted by molar-refractivity contribution is -0.138. The van der Waals surface area contributed by atoms with Crippen molar-refractivity contribution in [3.63, 3.8) is 0 Å². The van der Waals surface area contributed by atoms with Crippen LogP contribution in [0, 0.1) is 11.8 Å². The summed E-state index contributed by atoms with van der Waals surface area (Å²) in [6.07, 6.45) is 3.82. The third-order valence-corrected chi connectivity index (χ3v) is 6.57. The number of hydrogen-bond donors (Lipinski definition) is 5. The van der Waals surface area contributed by atoms with Gasteiger partial charge in [-0.1, -0.05) is 39.8 Å². The van der Waals surface area contributed by atoms with Gasteiger partial charge >= 0.3 is 6.03 Å². The van der Waals surface area contributed by atoms with E-state index in [4.69, 9.17) is 10.5 Å². The Morgan fingerprint density at radius 1 is 0.907 bits per heavy atom. The van der Waals surface area contributed by atoms with Gasteiger partial charge in [0.25, 0.3) is 11.8 Å². The molecule has 0 saturated heterocycles. The Balaban J connectivity index is 1.94. The Labute approximate surface area is 252 Å². The van der Waals surface area contributed by atoms with Gasteiger partial charge in [0.1, 0.15) is 12.1 Å². The Hall–Kier alpha value is -4.26. The average molecular weight is 601 g/mol. The summed E-state index contributed by atoms with van der Waals surface area (Å²) in [5.41, 5.74) is 6.85. The van der Waals surface area contributed by atoms with Crippen molar-refractivity contribution < 1.29 is 33.5 Å². The van der Waals surface area contributed by atoms with Crippen molar-refractivity contribution in [2.24, 2.45) is 17.6 Å². The number of urea groups is 1. The van der Waals surface area contributed by atoms with Crippen molar-refractivity contribution in [3.05, 3.63) is 42.0 Å². The Morgan fingerprint density at radius 2 is 1.56 bits per heavy atom. The number of benzene rings is 1. The summed E-state index contributed by atoms with van der Waals surface area (Å²) in [5, 5.41) is 10.7. The number of carbonyl (C=O) groups excluding carboxylic acids is 6. The lowest BCUT2D eigenvalue weighted by Gasteiger charge is -2.25. The maximum Gasteiger partial charge on any atom is 0.312 e. The Morgan fingerprint density at radius 3 is 2.14 bits per heavy atom. The fourth-order valence-electron chi connectivity index (χ4n) is 4.33. The van der Waals surface area contributed by atoms with Gasteiger partial charge in [0.2, 0.25) is 17.7 Å². The minimum absolute atomic E-state index is 0.0236. The number of ether oxygens (including phenoxy) is 1. The highest BCUT2D eigenvalue weighted by Crippen LogP contribution is 2.14. The Kier molecular flexibility index (Phi) is 14.3. The van der Waals surface area contributed by atoms with Crippen molar-refractivity contribution in [3.8, 4) is 0 Å². The predicted molar refractivity (Wildman–Crippen MR) is 160 cm³/mol. The number of primary amides is 1. The molecule has 2 atom stereocenters. The number of anilines is 1. The third kappa shape index (κ3) is 12.6. The van der Waals surface area contributed by atoms with Crippen LogP contribution >= 0.6 is 0 Å². The van der Waals surface area contributed by atoms with Crippen LogP contribution < -0.4 is 27.0 Å². The van der Waals surface area contributed by atoms with Gasteiger partial charge in [-0.2, -0.15) is 0 Å². The van der Waals surface area contributed by atoms with E-state index in [0.717, 1.165) is 16.9 Å². The van der Waals surface area contributed by atoms with Crippen molar-refractivity contribution in [2.45, 2.75) is 65.5 Å². The summed E-state index contributed by atoms with van der Waals surface area (Å²) >= 11 is 0. The first kappa shape index (κ1) is 34.9. The van der Waals surface area contributed by atoms with Crippen LogP contribution in [0.25, 0.3) is 0 Å². The summed E-state index contributed by atoms with van der Waals surface area (Å²) in [5.74, 6) is -2.02. The maximum absolute atomic E-state index is 13.3. The molecule has 6 N–H and O–H groups in total. The van der Waals surface area contributed by atoms with Crippen LogP contribution in [0.2, 0.25) is 0 Å². The second kappa shape index (κ2) is 17.6. The highest BCUT2D eigenvalue weighted by atomic mass is 16.5. The zero-order valence-corrected chi connectivity index (χ0v) is 25.3. The smallest absolute Gasteiger partial charge is 0.312 e. The van der Waals surface area contributed by atoms with Crippen LogP contribution in [0.15, 0.2) is 36.4 Å². The topological polar surface area (TPSA) is 189 Å². The lowest BCUT2D eigenvalue weighted by atomic mass is 10.0. The van der Waals surface area contributed by atoms with Gasteiger partial charge in [-0.15, -0.1) is 0 Å². The maximum atomic E-state index is 13.3. The molecule has 1 aromatic carbocycles. The fraction of sp³-hybridized carbons (Fsp3) is 0.533. The minimum atomic E-state index is -0.940. The largest absolute Gasteiger partial charge is 0.379 e. The molecule has 0 saturated carbocycles. The molecular formula is C30H44N6O7. The standard InChI is InChI=1S/C30H44N6O7/c1-19(2)18-21-7-9-22(10-8-21)33-28(40)23(6-5-14-32-30(31)42)34-29(41)27(20(3)4)35-24(37)13-16-43-17-15-36-25(38)11-12-26(36)39/h7-12,19-20,23,27H,5-6,13-18H2,1-4H3,(H,33,40)(H,34,41)(H,35,37)(H3,31,32,42)/t23-,27-/m0/s1. The first-order valence-corrected chi connectivity index (χ1v) is 14.5. The normalized spacial score (nSPS) is 14.1. The fourth-order valence-corrected chi connectivity index (χ4v) is 4.33. The molecule has 1 aliphatic heterocycles. The van der Waals surface area contributed by atoms with E-state index in [1.54, 1.807) is 26.0 Å². The van der Waals surface area contributed by atoms with Crippen molar-refractivity contribution in [1.29, 1.82) is 0 Å². The number of amides is 7. The molecule has 2 rings (SSSR count). The minimum Gasteiger partial charge on any atom is -0.379 e. The highest BCUT2D eigenvalue weighted by Gasteiger charge is 2.29. The van der Waals surface area contributed by atoms with E-state index in [9.17, 15) is 28.8 Å². The van der Waals surface area contributed by atoms with Crippen LogP contribution in [0.1, 0.15) is 52.5 Å².